The quantitative estimate of drug-likeness (QED) is 0.830. The van der Waals surface area contributed by atoms with E-state index in [0.717, 1.165) is 17.1 Å². The van der Waals surface area contributed by atoms with Crippen molar-refractivity contribution in [1.82, 2.24) is 15.1 Å². The maximum atomic E-state index is 12.7. The van der Waals surface area contributed by atoms with Crippen LogP contribution in [-0.2, 0) is 16.6 Å². The summed E-state index contributed by atoms with van der Waals surface area (Å²) in [5, 5.41) is 7.06. The molecule has 0 saturated carbocycles. The van der Waals surface area contributed by atoms with Gasteiger partial charge in [0.25, 0.3) is 11.8 Å². The van der Waals surface area contributed by atoms with E-state index in [1.807, 2.05) is 45.2 Å². The van der Waals surface area contributed by atoms with Gasteiger partial charge in [-0.15, -0.1) is 0 Å². The zero-order chi connectivity index (χ0) is 20.4. The first-order valence-electron chi connectivity index (χ1n) is 9.61. The van der Waals surface area contributed by atoms with Crippen LogP contribution in [0.25, 0.3) is 0 Å². The van der Waals surface area contributed by atoms with Gasteiger partial charge in [0.05, 0.1) is 5.69 Å². The molecule has 1 saturated heterocycles. The second-order valence-corrected chi connectivity index (χ2v) is 7.63. The van der Waals surface area contributed by atoms with E-state index in [4.69, 9.17) is 4.74 Å². The highest BCUT2D eigenvalue weighted by Gasteiger charge is 2.35. The van der Waals surface area contributed by atoms with Gasteiger partial charge in [0.1, 0.15) is 17.6 Å². The van der Waals surface area contributed by atoms with Crippen molar-refractivity contribution in [3.63, 3.8) is 0 Å². The summed E-state index contributed by atoms with van der Waals surface area (Å²) in [5.41, 5.74) is 3.25. The Morgan fingerprint density at radius 2 is 2.07 bits per heavy atom. The monoisotopic (exact) mass is 384 g/mol. The minimum absolute atomic E-state index is 0.116. The standard InChI is InChI=1S/C21H28N4O3/c1-13(2)17-7-6-16(10-14(17)3)28-12-19(26)22-18-8-9-25(21(18)27)20-11-15(4)23-24(20)5/h6-7,10-11,13,18H,8-9,12H2,1-5H3,(H,22,26). The average Bonchev–Trinajstić information content (AvgIpc) is 3.14. The van der Waals surface area contributed by atoms with Gasteiger partial charge in [-0.2, -0.15) is 5.10 Å². The summed E-state index contributed by atoms with van der Waals surface area (Å²) in [7, 11) is 1.81. The Morgan fingerprint density at radius 1 is 1.32 bits per heavy atom. The Morgan fingerprint density at radius 3 is 2.68 bits per heavy atom. The fourth-order valence-electron chi connectivity index (χ4n) is 3.66. The molecule has 1 N–H and O–H groups in total. The normalized spacial score (nSPS) is 16.7. The molecule has 0 spiro atoms. The van der Waals surface area contributed by atoms with E-state index in [9.17, 15) is 9.59 Å². The smallest absolute Gasteiger partial charge is 0.258 e. The summed E-state index contributed by atoms with van der Waals surface area (Å²) in [6.07, 6.45) is 0.566. The zero-order valence-corrected chi connectivity index (χ0v) is 17.2. The lowest BCUT2D eigenvalue weighted by atomic mass is 9.98. The molecule has 0 bridgehead atoms. The molecule has 7 nitrogen and oxygen atoms in total. The predicted octanol–water partition coefficient (Wildman–Crippen LogP) is 2.46. The fraction of sp³-hybridized carbons (Fsp3) is 0.476. The Bertz CT molecular complexity index is 888. The minimum Gasteiger partial charge on any atom is -0.484 e. The van der Waals surface area contributed by atoms with Gasteiger partial charge in [-0.25, -0.2) is 0 Å². The third-order valence-corrected chi connectivity index (χ3v) is 5.03. The number of hydrogen-bond donors (Lipinski definition) is 1. The van der Waals surface area contributed by atoms with Crippen molar-refractivity contribution < 1.29 is 14.3 Å². The number of carbonyl (C=O) groups is 2. The lowest BCUT2D eigenvalue weighted by molar-refractivity contribution is -0.127. The first-order valence-corrected chi connectivity index (χ1v) is 9.61. The van der Waals surface area contributed by atoms with Crippen LogP contribution in [0.3, 0.4) is 0 Å². The molecule has 2 heterocycles. The summed E-state index contributed by atoms with van der Waals surface area (Å²) in [6, 6.07) is 7.19. The Labute approximate surface area is 165 Å². The molecular formula is C21H28N4O3. The number of rotatable bonds is 6. The number of ether oxygens (including phenoxy) is 1. The van der Waals surface area contributed by atoms with Crippen molar-refractivity contribution in [2.45, 2.75) is 46.1 Å². The Kier molecular flexibility index (Phi) is 5.72. The predicted molar refractivity (Wildman–Crippen MR) is 108 cm³/mol. The molecule has 2 amide bonds. The van der Waals surface area contributed by atoms with Crippen LogP contribution in [0.2, 0.25) is 0 Å². The second kappa shape index (κ2) is 8.04. The highest BCUT2D eigenvalue weighted by Crippen LogP contribution is 2.24. The fourth-order valence-corrected chi connectivity index (χ4v) is 3.66. The first kappa shape index (κ1) is 19.9. The highest BCUT2D eigenvalue weighted by molar-refractivity contribution is 6.00. The highest BCUT2D eigenvalue weighted by atomic mass is 16.5. The number of nitrogens with zero attached hydrogens (tertiary/aromatic N) is 3. The number of aromatic nitrogens is 2. The molecule has 1 atom stereocenters. The van der Waals surface area contributed by atoms with Crippen LogP contribution in [0.15, 0.2) is 24.3 Å². The van der Waals surface area contributed by atoms with Gasteiger partial charge in [-0.05, 0) is 49.4 Å². The van der Waals surface area contributed by atoms with Gasteiger partial charge in [0, 0.05) is 19.7 Å². The van der Waals surface area contributed by atoms with Crippen LogP contribution >= 0.6 is 0 Å². The molecule has 2 aromatic rings. The number of benzene rings is 1. The third-order valence-electron chi connectivity index (χ3n) is 5.03. The molecule has 1 unspecified atom stereocenters. The van der Waals surface area contributed by atoms with E-state index in [1.54, 1.807) is 9.58 Å². The van der Waals surface area contributed by atoms with E-state index in [0.29, 0.717) is 24.6 Å². The minimum atomic E-state index is -0.531. The third kappa shape index (κ3) is 4.18. The number of aryl methyl sites for hydroxylation is 3. The van der Waals surface area contributed by atoms with E-state index in [-0.39, 0.29) is 18.4 Å². The van der Waals surface area contributed by atoms with Crippen LogP contribution in [0, 0.1) is 13.8 Å². The van der Waals surface area contributed by atoms with E-state index < -0.39 is 6.04 Å². The molecule has 1 aromatic carbocycles. The largest absolute Gasteiger partial charge is 0.484 e. The molecule has 1 fully saturated rings. The molecule has 7 heteroatoms. The van der Waals surface area contributed by atoms with Gasteiger partial charge >= 0.3 is 0 Å². The van der Waals surface area contributed by atoms with Crippen molar-refractivity contribution in [3.8, 4) is 5.75 Å². The van der Waals surface area contributed by atoms with Crippen molar-refractivity contribution in [3.05, 3.63) is 41.1 Å². The molecule has 0 aliphatic carbocycles. The van der Waals surface area contributed by atoms with Crippen molar-refractivity contribution in [1.29, 1.82) is 0 Å². The van der Waals surface area contributed by atoms with Crippen molar-refractivity contribution in [2.24, 2.45) is 7.05 Å². The molecule has 1 aliphatic rings. The molecule has 150 valence electrons. The Hall–Kier alpha value is -2.83. The average molecular weight is 384 g/mol. The summed E-state index contributed by atoms with van der Waals surface area (Å²) in [6.45, 7) is 8.65. The molecule has 1 aromatic heterocycles. The molecular weight excluding hydrogens is 356 g/mol. The molecule has 3 rings (SSSR count). The van der Waals surface area contributed by atoms with Crippen LogP contribution in [-0.4, -0.2) is 40.8 Å². The topological polar surface area (TPSA) is 76.5 Å². The van der Waals surface area contributed by atoms with Crippen LogP contribution < -0.4 is 15.0 Å². The number of hydrogen-bond acceptors (Lipinski definition) is 4. The maximum Gasteiger partial charge on any atom is 0.258 e. The van der Waals surface area contributed by atoms with Crippen LogP contribution in [0.5, 0.6) is 5.75 Å². The number of amides is 2. The molecule has 1 aliphatic heterocycles. The SMILES string of the molecule is Cc1cc(N2CCC(NC(=O)COc3ccc(C(C)C)c(C)c3)C2=O)n(C)n1. The lowest BCUT2D eigenvalue weighted by Gasteiger charge is -2.17. The van der Waals surface area contributed by atoms with Gasteiger partial charge in [-0.1, -0.05) is 19.9 Å². The summed E-state index contributed by atoms with van der Waals surface area (Å²) in [4.78, 5) is 26.6. The zero-order valence-electron chi connectivity index (χ0n) is 17.2. The van der Waals surface area contributed by atoms with E-state index in [2.05, 4.69) is 24.3 Å². The van der Waals surface area contributed by atoms with Gasteiger partial charge in [0.2, 0.25) is 0 Å². The molecule has 0 radical (unpaired) electrons. The maximum absolute atomic E-state index is 12.7. The summed E-state index contributed by atoms with van der Waals surface area (Å²) in [5.74, 6) is 1.43. The molecule has 28 heavy (non-hydrogen) atoms. The van der Waals surface area contributed by atoms with Crippen LogP contribution in [0.4, 0.5) is 5.82 Å². The van der Waals surface area contributed by atoms with Crippen LogP contribution in [0.1, 0.15) is 43.0 Å². The summed E-state index contributed by atoms with van der Waals surface area (Å²) >= 11 is 0. The summed E-state index contributed by atoms with van der Waals surface area (Å²) < 4.78 is 7.30. The second-order valence-electron chi connectivity index (χ2n) is 7.63. The van der Waals surface area contributed by atoms with Gasteiger partial charge in [0.15, 0.2) is 6.61 Å². The first-order chi connectivity index (χ1) is 13.3. The van der Waals surface area contributed by atoms with Crippen molar-refractivity contribution >= 4 is 17.6 Å². The van der Waals surface area contributed by atoms with Gasteiger partial charge < -0.3 is 10.1 Å². The van der Waals surface area contributed by atoms with E-state index >= 15 is 0 Å². The Balaban J connectivity index is 1.55. The number of nitrogens with one attached hydrogen (secondary N) is 1. The lowest BCUT2D eigenvalue weighted by Crippen LogP contribution is -2.43. The number of carbonyl (C=O) groups excluding carboxylic acids is 2. The van der Waals surface area contributed by atoms with Gasteiger partial charge in [-0.3, -0.25) is 19.2 Å². The van der Waals surface area contributed by atoms with Crippen molar-refractivity contribution in [2.75, 3.05) is 18.1 Å². The van der Waals surface area contributed by atoms with E-state index in [1.165, 1.54) is 5.56 Å². The number of anilines is 1.